The summed E-state index contributed by atoms with van der Waals surface area (Å²) in [6.45, 7) is 5.44. The molecule has 1 fully saturated rings. The number of nitrogens with zero attached hydrogens (tertiary/aromatic N) is 3. The van der Waals surface area contributed by atoms with Crippen LogP contribution in [0.25, 0.3) is 0 Å². The highest BCUT2D eigenvalue weighted by Gasteiger charge is 2.26. The number of hydrogen-bond acceptors (Lipinski definition) is 4. The lowest BCUT2D eigenvalue weighted by Crippen LogP contribution is -2.39. The number of aromatic nitrogens is 2. The van der Waals surface area contributed by atoms with E-state index in [-0.39, 0.29) is 11.8 Å². The number of piperidine rings is 1. The third-order valence-corrected chi connectivity index (χ3v) is 5.15. The van der Waals surface area contributed by atoms with Gasteiger partial charge in [0.05, 0.1) is 15.7 Å². The average molecular weight is 379 g/mol. The van der Waals surface area contributed by atoms with Gasteiger partial charge in [-0.3, -0.25) is 4.79 Å². The number of aryl methyl sites for hydroxylation is 2. The largest absolute Gasteiger partial charge is 0.341 e. The van der Waals surface area contributed by atoms with Crippen LogP contribution in [0.1, 0.15) is 24.2 Å². The van der Waals surface area contributed by atoms with Crippen LogP contribution in [0, 0.1) is 19.8 Å². The Labute approximate surface area is 157 Å². The van der Waals surface area contributed by atoms with Crippen LogP contribution in [0.2, 0.25) is 10.0 Å². The molecule has 5 nitrogen and oxygen atoms in total. The van der Waals surface area contributed by atoms with E-state index in [1.54, 1.807) is 18.2 Å². The Morgan fingerprint density at radius 1 is 1.16 bits per heavy atom. The minimum Gasteiger partial charge on any atom is -0.341 e. The number of anilines is 2. The summed E-state index contributed by atoms with van der Waals surface area (Å²) < 4.78 is 0. The average Bonchev–Trinajstić information content (AvgIpc) is 2.58. The lowest BCUT2D eigenvalue weighted by atomic mass is 9.96. The normalized spacial score (nSPS) is 15.3. The summed E-state index contributed by atoms with van der Waals surface area (Å²) in [5, 5.41) is 3.69. The lowest BCUT2D eigenvalue weighted by Gasteiger charge is -2.31. The summed E-state index contributed by atoms with van der Waals surface area (Å²) >= 11 is 12.1. The Morgan fingerprint density at radius 2 is 1.80 bits per heavy atom. The van der Waals surface area contributed by atoms with Crippen molar-refractivity contribution in [2.45, 2.75) is 26.7 Å². The highest BCUT2D eigenvalue weighted by Crippen LogP contribution is 2.30. The van der Waals surface area contributed by atoms with Crippen LogP contribution in [-0.4, -0.2) is 29.0 Å². The Hall–Kier alpha value is -1.85. The SMILES string of the molecule is Cc1cc(C)nc(N2CCC(C(=O)Nc3cccc(Cl)c3Cl)CC2)n1. The maximum absolute atomic E-state index is 12.5. The standard InChI is InChI=1S/C18H20Cl2N4O/c1-11-10-12(2)22-18(21-11)24-8-6-13(7-9-24)17(25)23-15-5-3-4-14(19)16(15)20/h3-5,10,13H,6-9H2,1-2H3,(H,23,25). The van der Waals surface area contributed by atoms with E-state index in [4.69, 9.17) is 23.2 Å². The molecular formula is C18H20Cl2N4O. The van der Waals surface area contributed by atoms with Gasteiger partial charge in [0.2, 0.25) is 11.9 Å². The molecule has 1 aliphatic heterocycles. The van der Waals surface area contributed by atoms with Crippen molar-refractivity contribution >= 4 is 40.7 Å². The smallest absolute Gasteiger partial charge is 0.227 e. The number of halogens is 2. The van der Waals surface area contributed by atoms with Crippen molar-refractivity contribution in [2.24, 2.45) is 5.92 Å². The van der Waals surface area contributed by atoms with E-state index in [0.29, 0.717) is 15.7 Å². The summed E-state index contributed by atoms with van der Waals surface area (Å²) in [5.41, 5.74) is 2.47. The van der Waals surface area contributed by atoms with E-state index in [1.165, 1.54) is 0 Å². The molecule has 25 heavy (non-hydrogen) atoms. The molecule has 2 aromatic rings. The van der Waals surface area contributed by atoms with Crippen molar-refractivity contribution in [3.05, 3.63) is 45.7 Å². The van der Waals surface area contributed by atoms with Crippen molar-refractivity contribution in [1.29, 1.82) is 0 Å². The third-order valence-electron chi connectivity index (χ3n) is 4.33. The number of carbonyl (C=O) groups is 1. The highest BCUT2D eigenvalue weighted by molar-refractivity contribution is 6.44. The van der Waals surface area contributed by atoms with Gasteiger partial charge >= 0.3 is 0 Å². The first-order chi connectivity index (χ1) is 11.9. The molecule has 0 aliphatic carbocycles. The van der Waals surface area contributed by atoms with Crippen LogP contribution < -0.4 is 10.2 Å². The van der Waals surface area contributed by atoms with Crippen molar-refractivity contribution in [1.82, 2.24) is 9.97 Å². The number of nitrogens with one attached hydrogen (secondary N) is 1. The van der Waals surface area contributed by atoms with Gasteiger partial charge in [0.1, 0.15) is 0 Å². The second kappa shape index (κ2) is 7.58. The van der Waals surface area contributed by atoms with Crippen molar-refractivity contribution in [2.75, 3.05) is 23.3 Å². The Balaban J connectivity index is 1.62. The molecular weight excluding hydrogens is 359 g/mol. The van der Waals surface area contributed by atoms with E-state index < -0.39 is 0 Å². The molecule has 0 radical (unpaired) electrons. The van der Waals surface area contributed by atoms with E-state index in [1.807, 2.05) is 19.9 Å². The Kier molecular flexibility index (Phi) is 5.45. The quantitative estimate of drug-likeness (QED) is 0.866. The Bertz CT molecular complexity index is 768. The molecule has 7 heteroatoms. The third kappa shape index (κ3) is 4.22. The van der Waals surface area contributed by atoms with Crippen molar-refractivity contribution in [3.8, 4) is 0 Å². The number of carbonyl (C=O) groups excluding carboxylic acids is 1. The predicted molar refractivity (Wildman–Crippen MR) is 102 cm³/mol. The van der Waals surface area contributed by atoms with E-state index >= 15 is 0 Å². The second-order valence-electron chi connectivity index (χ2n) is 6.30. The number of amides is 1. The van der Waals surface area contributed by atoms with Gasteiger partial charge in [0.25, 0.3) is 0 Å². The highest BCUT2D eigenvalue weighted by atomic mass is 35.5. The van der Waals surface area contributed by atoms with Crippen LogP contribution in [0.5, 0.6) is 0 Å². The van der Waals surface area contributed by atoms with Crippen LogP contribution in [-0.2, 0) is 4.79 Å². The molecule has 1 aromatic carbocycles. The van der Waals surface area contributed by atoms with E-state index in [0.717, 1.165) is 43.3 Å². The summed E-state index contributed by atoms with van der Waals surface area (Å²) in [5.74, 6) is 0.664. The van der Waals surface area contributed by atoms with Gasteiger partial charge in [-0.2, -0.15) is 0 Å². The monoisotopic (exact) mass is 378 g/mol. The van der Waals surface area contributed by atoms with Crippen molar-refractivity contribution in [3.63, 3.8) is 0 Å². The summed E-state index contributed by atoms with van der Waals surface area (Å²) in [4.78, 5) is 23.7. The molecule has 1 saturated heterocycles. The van der Waals surface area contributed by atoms with Crippen LogP contribution in [0.4, 0.5) is 11.6 Å². The van der Waals surface area contributed by atoms with Crippen molar-refractivity contribution < 1.29 is 4.79 Å². The maximum atomic E-state index is 12.5. The lowest BCUT2D eigenvalue weighted by molar-refractivity contribution is -0.120. The molecule has 132 valence electrons. The molecule has 1 amide bonds. The topological polar surface area (TPSA) is 58.1 Å². The van der Waals surface area contributed by atoms with Gasteiger partial charge in [-0.1, -0.05) is 29.3 Å². The summed E-state index contributed by atoms with van der Waals surface area (Å²) in [6.07, 6.45) is 1.50. The zero-order valence-electron chi connectivity index (χ0n) is 14.2. The first kappa shape index (κ1) is 18.0. The zero-order chi connectivity index (χ0) is 18.0. The van der Waals surface area contributed by atoms with Gasteiger partial charge in [0.15, 0.2) is 0 Å². The number of rotatable bonds is 3. The summed E-state index contributed by atoms with van der Waals surface area (Å²) in [7, 11) is 0. The molecule has 1 N–H and O–H groups in total. The number of benzene rings is 1. The Morgan fingerprint density at radius 3 is 2.44 bits per heavy atom. The van der Waals surface area contributed by atoms with Gasteiger partial charge in [-0.15, -0.1) is 0 Å². The molecule has 3 rings (SSSR count). The van der Waals surface area contributed by atoms with Gasteiger partial charge < -0.3 is 10.2 Å². The zero-order valence-corrected chi connectivity index (χ0v) is 15.7. The van der Waals surface area contributed by atoms with Gasteiger partial charge in [-0.25, -0.2) is 9.97 Å². The molecule has 0 unspecified atom stereocenters. The van der Waals surface area contributed by atoms with Crippen LogP contribution in [0.3, 0.4) is 0 Å². The fraction of sp³-hybridized carbons (Fsp3) is 0.389. The molecule has 1 aliphatic rings. The fourth-order valence-corrected chi connectivity index (χ4v) is 3.37. The molecule has 0 spiro atoms. The molecule has 1 aromatic heterocycles. The van der Waals surface area contributed by atoms with Gasteiger partial charge in [-0.05, 0) is 44.9 Å². The fourth-order valence-electron chi connectivity index (χ4n) is 3.03. The molecule has 2 heterocycles. The van der Waals surface area contributed by atoms with Gasteiger partial charge in [0, 0.05) is 30.4 Å². The first-order valence-corrected chi connectivity index (χ1v) is 9.02. The maximum Gasteiger partial charge on any atom is 0.227 e. The van der Waals surface area contributed by atoms with Crippen LogP contribution in [0.15, 0.2) is 24.3 Å². The predicted octanol–water partition coefficient (Wildman–Crippen LogP) is 4.26. The first-order valence-electron chi connectivity index (χ1n) is 8.26. The molecule has 0 atom stereocenters. The summed E-state index contributed by atoms with van der Waals surface area (Å²) in [6, 6.07) is 7.18. The number of hydrogen-bond donors (Lipinski definition) is 1. The van der Waals surface area contributed by atoms with E-state index in [2.05, 4.69) is 20.2 Å². The second-order valence-corrected chi connectivity index (χ2v) is 7.09. The molecule has 0 bridgehead atoms. The minimum absolute atomic E-state index is 0.0230. The minimum atomic E-state index is -0.0581. The van der Waals surface area contributed by atoms with Crippen LogP contribution >= 0.6 is 23.2 Å². The molecule has 0 saturated carbocycles. The van der Waals surface area contributed by atoms with E-state index in [9.17, 15) is 4.79 Å².